The number of guanidine groups is 1. The average molecular weight is 562 g/mol. The Morgan fingerprint density at radius 1 is 0.970 bits per heavy atom. The smallest absolute Gasteiger partial charge is 0.241 e. The first-order valence-corrected chi connectivity index (χ1v) is 11.7. The van der Waals surface area contributed by atoms with Gasteiger partial charge in [0, 0.05) is 38.8 Å². The van der Waals surface area contributed by atoms with Gasteiger partial charge in [-0.2, -0.15) is 0 Å². The molecule has 2 aromatic carbocycles. The van der Waals surface area contributed by atoms with Crippen LogP contribution in [0.2, 0.25) is 0 Å². The predicted molar refractivity (Wildman–Crippen MR) is 145 cm³/mol. The molecule has 2 bridgehead atoms. The molecule has 2 unspecified atom stereocenters. The molecule has 0 aliphatic carbocycles. The molecule has 2 aliphatic rings. The van der Waals surface area contributed by atoms with Crippen LogP contribution in [0.15, 0.2) is 65.7 Å². The lowest BCUT2D eigenvalue weighted by atomic mass is 9.96. The molecule has 2 N–H and O–H groups in total. The number of hydrogen-bond acceptors (Lipinski definition) is 3. The maximum atomic E-state index is 12.1. The molecule has 0 saturated carbocycles. The molecule has 0 spiro atoms. The van der Waals surface area contributed by atoms with Crippen LogP contribution in [0.25, 0.3) is 0 Å². The van der Waals surface area contributed by atoms with Crippen molar-refractivity contribution < 1.29 is 4.79 Å². The molecule has 2 fully saturated rings. The zero-order valence-corrected chi connectivity index (χ0v) is 21.9. The van der Waals surface area contributed by atoms with Crippen LogP contribution < -0.4 is 10.6 Å². The van der Waals surface area contributed by atoms with E-state index in [4.69, 9.17) is 4.99 Å². The lowest BCUT2D eigenvalue weighted by Crippen LogP contribution is -2.53. The third-order valence-electron chi connectivity index (χ3n) is 6.60. The van der Waals surface area contributed by atoms with E-state index in [1.165, 1.54) is 18.4 Å². The molecular formula is C26H36IN5O. The highest BCUT2D eigenvalue weighted by molar-refractivity contribution is 14.0. The van der Waals surface area contributed by atoms with Gasteiger partial charge in [-0.15, -0.1) is 24.0 Å². The van der Waals surface area contributed by atoms with Gasteiger partial charge in [-0.25, -0.2) is 4.99 Å². The van der Waals surface area contributed by atoms with Crippen LogP contribution in [0.1, 0.15) is 36.8 Å². The Morgan fingerprint density at radius 3 is 2.12 bits per heavy atom. The minimum atomic E-state index is 0. The van der Waals surface area contributed by atoms with E-state index in [1.807, 2.05) is 18.2 Å². The lowest BCUT2D eigenvalue weighted by molar-refractivity contribution is -0.127. The Kier molecular flexibility index (Phi) is 9.55. The Morgan fingerprint density at radius 2 is 1.55 bits per heavy atom. The number of fused-ring (bicyclic) bond motifs is 2. The summed E-state index contributed by atoms with van der Waals surface area (Å²) in [5.74, 6) is 0.766. The van der Waals surface area contributed by atoms with E-state index in [9.17, 15) is 4.79 Å². The van der Waals surface area contributed by atoms with Gasteiger partial charge in [0.15, 0.2) is 5.96 Å². The maximum absolute atomic E-state index is 12.1. The van der Waals surface area contributed by atoms with Crippen molar-refractivity contribution in [2.24, 2.45) is 4.99 Å². The van der Waals surface area contributed by atoms with Crippen LogP contribution in [-0.4, -0.2) is 60.4 Å². The highest BCUT2D eigenvalue weighted by Crippen LogP contribution is 2.36. The summed E-state index contributed by atoms with van der Waals surface area (Å²) in [4.78, 5) is 21.2. The second-order valence-corrected chi connectivity index (χ2v) is 9.15. The first-order valence-electron chi connectivity index (χ1n) is 11.7. The molecule has 4 rings (SSSR count). The van der Waals surface area contributed by atoms with Crippen LogP contribution in [0, 0.1) is 0 Å². The summed E-state index contributed by atoms with van der Waals surface area (Å²) in [5.41, 5.74) is 2.55. The van der Waals surface area contributed by atoms with Crippen molar-refractivity contribution in [3.8, 4) is 0 Å². The second-order valence-electron chi connectivity index (χ2n) is 9.15. The van der Waals surface area contributed by atoms with Crippen molar-refractivity contribution >= 4 is 35.8 Å². The summed E-state index contributed by atoms with van der Waals surface area (Å²) in [7, 11) is 3.55. The Hall–Kier alpha value is -2.13. The summed E-state index contributed by atoms with van der Waals surface area (Å²) in [6, 6.07) is 22.6. The molecule has 0 radical (unpaired) electrons. The van der Waals surface area contributed by atoms with E-state index in [0.29, 0.717) is 24.7 Å². The van der Waals surface area contributed by atoms with Crippen molar-refractivity contribution in [3.63, 3.8) is 0 Å². The summed E-state index contributed by atoms with van der Waals surface area (Å²) in [6.45, 7) is 1.87. The monoisotopic (exact) mass is 561 g/mol. The molecule has 7 heteroatoms. The third kappa shape index (κ3) is 7.17. The molecule has 0 aromatic heterocycles. The number of piperidine rings is 1. The zero-order chi connectivity index (χ0) is 22.3. The summed E-state index contributed by atoms with van der Waals surface area (Å²) >= 11 is 0. The average Bonchev–Trinajstić information content (AvgIpc) is 3.03. The number of amides is 1. The Balaban J connectivity index is 0.00000306. The normalized spacial score (nSPS) is 22.4. The topological polar surface area (TPSA) is 60.0 Å². The number of carbonyl (C=O) groups is 1. The number of nitrogens with one attached hydrogen (secondary N) is 2. The van der Waals surface area contributed by atoms with Gasteiger partial charge in [-0.05, 0) is 36.8 Å². The molecule has 2 aliphatic heterocycles. The first kappa shape index (κ1) is 25.5. The van der Waals surface area contributed by atoms with E-state index < -0.39 is 0 Å². The molecule has 33 heavy (non-hydrogen) atoms. The first-order chi connectivity index (χ1) is 15.6. The highest BCUT2D eigenvalue weighted by Gasteiger charge is 2.40. The van der Waals surface area contributed by atoms with Crippen LogP contribution in [0.5, 0.6) is 0 Å². The minimum absolute atomic E-state index is 0. The van der Waals surface area contributed by atoms with Crippen LogP contribution >= 0.6 is 24.0 Å². The molecule has 2 saturated heterocycles. The predicted octanol–water partition coefficient (Wildman–Crippen LogP) is 3.62. The van der Waals surface area contributed by atoms with Gasteiger partial charge in [-0.1, -0.05) is 60.7 Å². The van der Waals surface area contributed by atoms with Crippen molar-refractivity contribution in [1.82, 2.24) is 20.4 Å². The lowest BCUT2D eigenvalue weighted by Gasteiger charge is -2.39. The number of halogens is 1. The van der Waals surface area contributed by atoms with Gasteiger partial charge >= 0.3 is 0 Å². The molecule has 6 nitrogen and oxygen atoms in total. The SMILES string of the molecule is CN(C)C(=O)CNC(=NCc1ccccc1)NC1CC2CCC(C1)N2Cc1ccccc1.I. The number of hydrogen-bond donors (Lipinski definition) is 2. The Labute approximate surface area is 214 Å². The largest absolute Gasteiger partial charge is 0.354 e. The summed E-state index contributed by atoms with van der Waals surface area (Å²) in [5, 5.41) is 6.90. The Bertz CT molecular complexity index is 891. The van der Waals surface area contributed by atoms with E-state index in [-0.39, 0.29) is 36.4 Å². The number of likely N-dealkylation sites (N-methyl/N-ethyl adjacent to an activating group) is 1. The van der Waals surface area contributed by atoms with E-state index in [0.717, 1.165) is 30.9 Å². The number of benzene rings is 2. The molecule has 2 atom stereocenters. The van der Waals surface area contributed by atoms with Gasteiger partial charge in [0.25, 0.3) is 0 Å². The number of nitrogens with zero attached hydrogens (tertiary/aromatic N) is 3. The van der Waals surface area contributed by atoms with Crippen molar-refractivity contribution in [2.45, 2.75) is 56.9 Å². The van der Waals surface area contributed by atoms with Gasteiger partial charge in [0.1, 0.15) is 0 Å². The van der Waals surface area contributed by atoms with Crippen LogP contribution in [0.4, 0.5) is 0 Å². The van der Waals surface area contributed by atoms with Crippen LogP contribution in [-0.2, 0) is 17.9 Å². The van der Waals surface area contributed by atoms with E-state index in [2.05, 4.69) is 58.0 Å². The molecule has 2 aromatic rings. The minimum Gasteiger partial charge on any atom is -0.354 e. The zero-order valence-electron chi connectivity index (χ0n) is 19.6. The van der Waals surface area contributed by atoms with Gasteiger partial charge in [0.05, 0.1) is 13.1 Å². The second kappa shape index (κ2) is 12.4. The standard InChI is InChI=1S/C26H35N5O.HI/c1-30(2)25(32)18-28-26(27-17-20-9-5-3-6-10-20)29-22-15-23-13-14-24(16-22)31(23)19-21-11-7-4-8-12-21;/h3-12,22-24H,13-19H2,1-2H3,(H2,27,28,29);1H. The van der Waals surface area contributed by atoms with Crippen molar-refractivity contribution in [1.29, 1.82) is 0 Å². The van der Waals surface area contributed by atoms with Crippen molar-refractivity contribution in [2.75, 3.05) is 20.6 Å². The van der Waals surface area contributed by atoms with E-state index >= 15 is 0 Å². The fourth-order valence-corrected chi connectivity index (χ4v) is 4.86. The highest BCUT2D eigenvalue weighted by atomic mass is 127. The summed E-state index contributed by atoms with van der Waals surface area (Å²) < 4.78 is 0. The number of aliphatic imine (C=N–C) groups is 1. The van der Waals surface area contributed by atoms with E-state index in [1.54, 1.807) is 19.0 Å². The molecular weight excluding hydrogens is 525 g/mol. The number of carbonyl (C=O) groups excluding carboxylic acids is 1. The van der Waals surface area contributed by atoms with Gasteiger partial charge < -0.3 is 15.5 Å². The fourth-order valence-electron chi connectivity index (χ4n) is 4.86. The third-order valence-corrected chi connectivity index (χ3v) is 6.60. The quantitative estimate of drug-likeness (QED) is 0.308. The molecule has 2 heterocycles. The van der Waals surface area contributed by atoms with Crippen LogP contribution in [0.3, 0.4) is 0 Å². The number of rotatable bonds is 7. The fraction of sp³-hybridized carbons (Fsp3) is 0.462. The molecule has 178 valence electrons. The summed E-state index contributed by atoms with van der Waals surface area (Å²) in [6.07, 6.45) is 4.74. The van der Waals surface area contributed by atoms with Gasteiger partial charge in [-0.3, -0.25) is 9.69 Å². The molecule has 1 amide bonds. The maximum Gasteiger partial charge on any atom is 0.241 e. The van der Waals surface area contributed by atoms with Crippen molar-refractivity contribution in [3.05, 3.63) is 71.8 Å². The van der Waals surface area contributed by atoms with Gasteiger partial charge in [0.2, 0.25) is 5.91 Å².